The highest BCUT2D eigenvalue weighted by molar-refractivity contribution is 5.75. The maximum atomic E-state index is 5.84. The number of piperazine rings is 1. The van der Waals surface area contributed by atoms with E-state index < -0.39 is 0 Å². The Labute approximate surface area is 232 Å². The SMILES string of the molecule is Cc1ccc(C(C)(C)C)cc1Cc1nc(N2CCN(CCCCOc3ccccc3)CC2)nc2ncn(C)c12. The van der Waals surface area contributed by atoms with Gasteiger partial charge in [-0.1, -0.05) is 57.2 Å². The predicted molar refractivity (Wildman–Crippen MR) is 159 cm³/mol. The highest BCUT2D eigenvalue weighted by Crippen LogP contribution is 2.28. The van der Waals surface area contributed by atoms with Crippen molar-refractivity contribution in [2.24, 2.45) is 7.05 Å². The largest absolute Gasteiger partial charge is 0.494 e. The van der Waals surface area contributed by atoms with Crippen LogP contribution in [0.4, 0.5) is 5.95 Å². The summed E-state index contributed by atoms with van der Waals surface area (Å²) in [6.07, 6.45) is 4.82. The molecule has 0 aliphatic carbocycles. The highest BCUT2D eigenvalue weighted by Gasteiger charge is 2.22. The van der Waals surface area contributed by atoms with E-state index in [4.69, 9.17) is 14.7 Å². The van der Waals surface area contributed by atoms with Crippen LogP contribution in [0.25, 0.3) is 11.2 Å². The van der Waals surface area contributed by atoms with Gasteiger partial charge in [0.15, 0.2) is 5.65 Å². The molecular weight excluding hydrogens is 484 g/mol. The number of aryl methyl sites for hydroxylation is 2. The van der Waals surface area contributed by atoms with Crippen LogP contribution >= 0.6 is 0 Å². The number of hydrogen-bond acceptors (Lipinski definition) is 6. The third-order valence-corrected chi connectivity index (χ3v) is 7.74. The van der Waals surface area contributed by atoms with E-state index in [0.29, 0.717) is 0 Å². The van der Waals surface area contributed by atoms with E-state index in [1.165, 1.54) is 16.7 Å². The molecule has 0 spiro atoms. The number of fused-ring (bicyclic) bond motifs is 1. The molecule has 1 fully saturated rings. The smallest absolute Gasteiger partial charge is 0.227 e. The zero-order valence-corrected chi connectivity index (χ0v) is 24.2. The number of rotatable bonds is 9. The average molecular weight is 527 g/mol. The fraction of sp³-hybridized carbons (Fsp3) is 0.469. The van der Waals surface area contributed by atoms with Gasteiger partial charge in [-0.05, 0) is 60.5 Å². The number of ether oxygens (including phenoxy) is 1. The number of imidazole rings is 1. The molecule has 7 heteroatoms. The Kier molecular flexibility index (Phi) is 8.17. The highest BCUT2D eigenvalue weighted by atomic mass is 16.5. The second-order valence-electron chi connectivity index (χ2n) is 11.8. The van der Waals surface area contributed by atoms with Gasteiger partial charge in [-0.3, -0.25) is 4.90 Å². The number of hydrogen-bond donors (Lipinski definition) is 0. The Morgan fingerprint density at radius 3 is 2.44 bits per heavy atom. The summed E-state index contributed by atoms with van der Waals surface area (Å²) in [5.74, 6) is 1.75. The van der Waals surface area contributed by atoms with E-state index in [0.717, 1.165) is 87.1 Å². The zero-order chi connectivity index (χ0) is 27.4. The second-order valence-corrected chi connectivity index (χ2v) is 11.8. The molecule has 1 saturated heterocycles. The lowest BCUT2D eigenvalue weighted by Gasteiger charge is -2.34. The molecule has 0 unspecified atom stereocenters. The minimum Gasteiger partial charge on any atom is -0.494 e. The van der Waals surface area contributed by atoms with Gasteiger partial charge in [0.1, 0.15) is 11.3 Å². The molecule has 7 nitrogen and oxygen atoms in total. The molecule has 4 aromatic rings. The maximum Gasteiger partial charge on any atom is 0.227 e. The van der Waals surface area contributed by atoms with Crippen LogP contribution in [0.15, 0.2) is 54.9 Å². The van der Waals surface area contributed by atoms with Gasteiger partial charge in [0.2, 0.25) is 5.95 Å². The molecule has 0 radical (unpaired) electrons. The van der Waals surface area contributed by atoms with Gasteiger partial charge in [-0.15, -0.1) is 0 Å². The molecule has 0 atom stereocenters. The van der Waals surface area contributed by atoms with Crippen LogP contribution in [0.2, 0.25) is 0 Å². The molecule has 5 rings (SSSR count). The van der Waals surface area contributed by atoms with Crippen LogP contribution in [0.3, 0.4) is 0 Å². The van der Waals surface area contributed by atoms with Crippen LogP contribution in [0.5, 0.6) is 5.75 Å². The molecule has 3 heterocycles. The third-order valence-electron chi connectivity index (χ3n) is 7.74. The molecule has 39 heavy (non-hydrogen) atoms. The molecule has 0 N–H and O–H groups in total. The van der Waals surface area contributed by atoms with Gasteiger partial charge in [-0.2, -0.15) is 4.98 Å². The predicted octanol–water partition coefficient (Wildman–Crippen LogP) is 5.54. The van der Waals surface area contributed by atoms with Crippen LogP contribution in [0, 0.1) is 6.92 Å². The van der Waals surface area contributed by atoms with Crippen LogP contribution in [0.1, 0.15) is 56.0 Å². The molecule has 0 bridgehead atoms. The minimum atomic E-state index is 0.107. The van der Waals surface area contributed by atoms with Crippen molar-refractivity contribution in [3.05, 3.63) is 77.2 Å². The lowest BCUT2D eigenvalue weighted by molar-refractivity contribution is 0.238. The standard InChI is InChI=1S/C32H42N6O/c1-24-13-14-26(32(2,3)4)21-25(24)22-28-29-30(33-23-36(29)5)35-31(34-28)38-18-16-37(17-19-38)15-9-10-20-39-27-11-7-6-8-12-27/h6-8,11-14,21,23H,9-10,15-20,22H2,1-5H3. The molecular formula is C32H42N6O. The lowest BCUT2D eigenvalue weighted by Crippen LogP contribution is -2.47. The van der Waals surface area contributed by atoms with Crippen LogP contribution in [-0.2, 0) is 18.9 Å². The third kappa shape index (κ3) is 6.59. The second kappa shape index (κ2) is 11.7. The fourth-order valence-corrected chi connectivity index (χ4v) is 5.21. The Balaban J connectivity index is 1.23. The quantitative estimate of drug-likeness (QED) is 0.267. The van der Waals surface area contributed by atoms with Crippen LogP contribution < -0.4 is 9.64 Å². The van der Waals surface area contributed by atoms with Crippen molar-refractivity contribution in [1.82, 2.24) is 24.4 Å². The topological polar surface area (TPSA) is 59.3 Å². The fourth-order valence-electron chi connectivity index (χ4n) is 5.21. The summed E-state index contributed by atoms with van der Waals surface area (Å²) in [6, 6.07) is 16.9. The number of aromatic nitrogens is 4. The number of anilines is 1. The summed E-state index contributed by atoms with van der Waals surface area (Å²) >= 11 is 0. The number of para-hydroxylation sites is 1. The number of nitrogens with zero attached hydrogens (tertiary/aromatic N) is 6. The lowest BCUT2D eigenvalue weighted by atomic mass is 9.84. The number of unbranched alkanes of at least 4 members (excludes halogenated alkanes) is 1. The van der Waals surface area contributed by atoms with E-state index in [1.807, 2.05) is 43.7 Å². The Bertz CT molecular complexity index is 1380. The number of benzene rings is 2. The summed E-state index contributed by atoms with van der Waals surface area (Å²) in [7, 11) is 2.03. The molecule has 1 aliphatic rings. The van der Waals surface area contributed by atoms with Crippen molar-refractivity contribution in [3.63, 3.8) is 0 Å². The van der Waals surface area contributed by atoms with E-state index in [1.54, 1.807) is 0 Å². The van der Waals surface area contributed by atoms with Crippen molar-refractivity contribution in [2.45, 2.75) is 52.4 Å². The van der Waals surface area contributed by atoms with Crippen molar-refractivity contribution in [3.8, 4) is 5.75 Å². The van der Waals surface area contributed by atoms with Gasteiger partial charge in [0.25, 0.3) is 0 Å². The van der Waals surface area contributed by atoms with Crippen molar-refractivity contribution in [1.29, 1.82) is 0 Å². The van der Waals surface area contributed by atoms with Gasteiger partial charge < -0.3 is 14.2 Å². The van der Waals surface area contributed by atoms with Crippen LogP contribution in [-0.4, -0.2) is 63.7 Å². The normalized spacial score (nSPS) is 14.7. The summed E-state index contributed by atoms with van der Waals surface area (Å²) < 4.78 is 7.89. The zero-order valence-electron chi connectivity index (χ0n) is 24.2. The minimum absolute atomic E-state index is 0.107. The van der Waals surface area contributed by atoms with Gasteiger partial charge >= 0.3 is 0 Å². The van der Waals surface area contributed by atoms with E-state index in [9.17, 15) is 0 Å². The molecule has 206 valence electrons. The summed E-state index contributed by atoms with van der Waals surface area (Å²) in [4.78, 5) is 19.5. The first kappa shape index (κ1) is 27.1. The van der Waals surface area contributed by atoms with Crippen molar-refractivity contribution in [2.75, 3.05) is 44.2 Å². The van der Waals surface area contributed by atoms with E-state index in [2.05, 4.69) is 65.2 Å². The maximum absolute atomic E-state index is 5.84. The average Bonchev–Trinajstić information content (AvgIpc) is 3.31. The van der Waals surface area contributed by atoms with Gasteiger partial charge in [0.05, 0.1) is 18.6 Å². The van der Waals surface area contributed by atoms with E-state index in [-0.39, 0.29) is 5.41 Å². The Hall–Kier alpha value is -3.45. The summed E-state index contributed by atoms with van der Waals surface area (Å²) in [5.41, 5.74) is 6.91. The van der Waals surface area contributed by atoms with Crippen molar-refractivity contribution >= 4 is 17.1 Å². The summed E-state index contributed by atoms with van der Waals surface area (Å²) in [5, 5.41) is 0. The van der Waals surface area contributed by atoms with Gasteiger partial charge in [0, 0.05) is 39.6 Å². The first-order chi connectivity index (χ1) is 18.8. The Morgan fingerprint density at radius 2 is 1.69 bits per heavy atom. The van der Waals surface area contributed by atoms with Gasteiger partial charge in [-0.25, -0.2) is 9.97 Å². The molecule has 0 saturated carbocycles. The molecule has 2 aromatic carbocycles. The molecule has 0 amide bonds. The summed E-state index contributed by atoms with van der Waals surface area (Å²) in [6.45, 7) is 14.7. The Morgan fingerprint density at radius 1 is 0.923 bits per heavy atom. The first-order valence-corrected chi connectivity index (χ1v) is 14.2. The molecule has 2 aromatic heterocycles. The van der Waals surface area contributed by atoms with E-state index >= 15 is 0 Å². The monoisotopic (exact) mass is 526 g/mol. The molecule has 1 aliphatic heterocycles. The first-order valence-electron chi connectivity index (χ1n) is 14.2. The van der Waals surface area contributed by atoms with Crippen molar-refractivity contribution < 1.29 is 4.74 Å².